The fourth-order valence-corrected chi connectivity index (χ4v) is 3.95. The van der Waals surface area contributed by atoms with Gasteiger partial charge in [0.2, 0.25) is 0 Å². The van der Waals surface area contributed by atoms with Crippen molar-refractivity contribution in [2.45, 2.75) is 24.7 Å². The summed E-state index contributed by atoms with van der Waals surface area (Å²) in [6.45, 7) is 0. The van der Waals surface area contributed by atoms with Gasteiger partial charge >= 0.3 is 15.6 Å². The first-order valence-corrected chi connectivity index (χ1v) is 9.87. The summed E-state index contributed by atoms with van der Waals surface area (Å²) in [6, 6.07) is 0. The maximum atomic E-state index is 12.1. The van der Waals surface area contributed by atoms with E-state index in [9.17, 15) is 33.8 Å². The average molecular weight is 431 g/mol. The van der Waals surface area contributed by atoms with E-state index in [0.717, 1.165) is 12.4 Å². The number of carbonyl (C=O) groups excluding carboxylic acids is 1. The van der Waals surface area contributed by atoms with Crippen LogP contribution >= 0.6 is 15.6 Å². The molecule has 2 rings (SSSR count). The normalized spacial score (nSPS) is 29.8. The molecule has 1 aromatic heterocycles. The first-order valence-electron chi connectivity index (χ1n) is 6.88. The number of phosphoric acid groups is 2. The van der Waals surface area contributed by atoms with Gasteiger partial charge in [0, 0.05) is 19.5 Å². The molecule has 1 aliphatic heterocycles. The number of phosphoric ester groups is 2. The Labute approximate surface area is 150 Å². The van der Waals surface area contributed by atoms with Crippen molar-refractivity contribution in [3.8, 4) is 0 Å². The maximum absolute atomic E-state index is 12.1. The number of amides is 1. The Hall–Kier alpha value is -1.51. The lowest BCUT2D eigenvalue weighted by Crippen LogP contribution is -2.37. The van der Waals surface area contributed by atoms with E-state index in [0.29, 0.717) is 11.7 Å². The predicted octanol–water partition coefficient (Wildman–Crippen LogP) is -2.20. The van der Waals surface area contributed by atoms with Gasteiger partial charge in [-0.3, -0.25) is 23.2 Å². The van der Waals surface area contributed by atoms with E-state index in [1.807, 2.05) is 0 Å². The van der Waals surface area contributed by atoms with Gasteiger partial charge in [-0.2, -0.15) is 4.31 Å². The zero-order chi connectivity index (χ0) is 20.6. The number of ether oxygens (including phenoxy) is 1. The van der Waals surface area contributed by atoms with Crippen molar-refractivity contribution in [2.75, 3.05) is 7.11 Å². The Kier molecular flexibility index (Phi) is 6.33. The van der Waals surface area contributed by atoms with Crippen molar-refractivity contribution in [1.29, 1.82) is 0 Å². The second-order valence-electron chi connectivity index (χ2n) is 5.04. The molecule has 0 radical (unpaired) electrons. The topological polar surface area (TPSA) is 230 Å². The van der Waals surface area contributed by atoms with E-state index in [1.165, 1.54) is 0 Å². The zero-order valence-corrected chi connectivity index (χ0v) is 15.2. The summed E-state index contributed by atoms with van der Waals surface area (Å²) in [5.41, 5.74) is 3.22. The molecule has 152 valence electrons. The fraction of sp³-hybridized carbons (Fsp3) is 0.500. The molecular formula is C10H15N3O12P2. The van der Waals surface area contributed by atoms with Crippen LogP contribution in [0.5, 0.6) is 0 Å². The molecule has 15 nitrogen and oxygen atoms in total. The van der Waals surface area contributed by atoms with E-state index in [2.05, 4.69) is 18.3 Å². The van der Waals surface area contributed by atoms with Crippen LogP contribution < -0.4 is 11.3 Å². The Morgan fingerprint density at radius 1 is 1.30 bits per heavy atom. The summed E-state index contributed by atoms with van der Waals surface area (Å²) < 4.78 is 40.8. The molecule has 0 saturated carbocycles. The number of aromatic nitrogens is 2. The van der Waals surface area contributed by atoms with E-state index in [1.54, 1.807) is 0 Å². The standard InChI is InChI=1S/C10H15N3O12P2/c1-22-26(18,19)25-27(20,21)24-10-6(15)5(14)9(23-10)13-3-2-12-4(7(11)16)8(13)17/h2-3,5-6,9-10,14-15H,1H3,(H2,11,16)(H,18,19)(H,20,21)/t5-,6+,9-,10-/m1/s1. The number of primary amides is 1. The lowest BCUT2D eigenvalue weighted by atomic mass is 10.2. The molecule has 6 atom stereocenters. The summed E-state index contributed by atoms with van der Waals surface area (Å²) in [5, 5.41) is 19.9. The molecule has 0 spiro atoms. The van der Waals surface area contributed by atoms with E-state index in [-0.39, 0.29) is 0 Å². The van der Waals surface area contributed by atoms with Crippen LogP contribution in [-0.4, -0.2) is 61.1 Å². The van der Waals surface area contributed by atoms with Gasteiger partial charge in [-0.05, 0) is 0 Å². The highest BCUT2D eigenvalue weighted by Crippen LogP contribution is 2.61. The molecule has 1 fully saturated rings. The molecule has 1 aliphatic rings. The highest BCUT2D eigenvalue weighted by Gasteiger charge is 2.49. The zero-order valence-electron chi connectivity index (χ0n) is 13.4. The quantitative estimate of drug-likeness (QED) is 0.289. The predicted molar refractivity (Wildman–Crippen MR) is 81.8 cm³/mol. The number of aliphatic hydroxyl groups excluding tert-OH is 2. The summed E-state index contributed by atoms with van der Waals surface area (Å²) in [6.07, 6.45) is -5.63. The summed E-state index contributed by atoms with van der Waals surface area (Å²) >= 11 is 0. The third-order valence-corrected chi connectivity index (χ3v) is 5.83. The van der Waals surface area contributed by atoms with Crippen LogP contribution in [0.2, 0.25) is 0 Å². The number of hydrogen-bond acceptors (Lipinski definition) is 11. The average Bonchev–Trinajstić information content (AvgIpc) is 2.81. The number of nitrogens with zero attached hydrogens (tertiary/aromatic N) is 2. The molecule has 6 N–H and O–H groups in total. The lowest BCUT2D eigenvalue weighted by Gasteiger charge is -2.20. The molecule has 1 aromatic rings. The molecule has 2 unspecified atom stereocenters. The molecular weight excluding hydrogens is 416 g/mol. The molecule has 0 bridgehead atoms. The van der Waals surface area contributed by atoms with E-state index < -0.39 is 57.5 Å². The number of aliphatic hydroxyl groups is 2. The number of nitrogens with two attached hydrogens (primary N) is 1. The molecule has 17 heteroatoms. The van der Waals surface area contributed by atoms with Crippen molar-refractivity contribution >= 4 is 21.6 Å². The Morgan fingerprint density at radius 2 is 1.93 bits per heavy atom. The molecule has 2 heterocycles. The molecule has 1 saturated heterocycles. The molecule has 0 aromatic carbocycles. The first-order chi connectivity index (χ1) is 12.4. The van der Waals surface area contributed by atoms with Crippen LogP contribution in [0.3, 0.4) is 0 Å². The van der Waals surface area contributed by atoms with Crippen molar-refractivity contribution in [2.24, 2.45) is 5.73 Å². The van der Waals surface area contributed by atoms with Gasteiger partial charge in [0.1, 0.15) is 12.2 Å². The highest BCUT2D eigenvalue weighted by molar-refractivity contribution is 7.61. The monoisotopic (exact) mass is 431 g/mol. The molecule has 27 heavy (non-hydrogen) atoms. The van der Waals surface area contributed by atoms with Gasteiger partial charge < -0.3 is 30.5 Å². The van der Waals surface area contributed by atoms with Gasteiger partial charge in [0.15, 0.2) is 18.2 Å². The molecule has 0 aliphatic carbocycles. The van der Waals surface area contributed by atoms with Gasteiger partial charge in [-0.1, -0.05) is 0 Å². The van der Waals surface area contributed by atoms with Crippen LogP contribution in [0.25, 0.3) is 0 Å². The second-order valence-corrected chi connectivity index (χ2v) is 8.14. The first kappa shape index (κ1) is 21.8. The Bertz CT molecular complexity index is 873. The number of carbonyl (C=O) groups is 1. The van der Waals surface area contributed by atoms with E-state index in [4.69, 9.17) is 15.4 Å². The van der Waals surface area contributed by atoms with Crippen molar-refractivity contribution in [1.82, 2.24) is 9.55 Å². The van der Waals surface area contributed by atoms with Gasteiger partial charge in [0.05, 0.1) is 0 Å². The maximum Gasteiger partial charge on any atom is 0.483 e. The van der Waals surface area contributed by atoms with E-state index >= 15 is 0 Å². The summed E-state index contributed by atoms with van der Waals surface area (Å²) in [7, 11) is -9.53. The SMILES string of the molecule is COP(=O)(O)OP(=O)(O)O[C@H]1O[C@@H](n2ccnc(C(N)=O)c2=O)[C@H](O)[C@@H]1O. The van der Waals surface area contributed by atoms with Gasteiger partial charge in [0.25, 0.3) is 11.5 Å². The Balaban J connectivity index is 2.25. The van der Waals surface area contributed by atoms with Crippen molar-refractivity contribution < 1.29 is 52.0 Å². The minimum Gasteiger partial charge on any atom is -0.385 e. The van der Waals surface area contributed by atoms with Crippen LogP contribution in [0.15, 0.2) is 17.2 Å². The van der Waals surface area contributed by atoms with Gasteiger partial charge in [-0.15, -0.1) is 0 Å². The second kappa shape index (κ2) is 7.85. The smallest absolute Gasteiger partial charge is 0.385 e. The van der Waals surface area contributed by atoms with Crippen LogP contribution in [-0.2, 0) is 27.2 Å². The van der Waals surface area contributed by atoms with Crippen molar-refractivity contribution in [3.05, 3.63) is 28.4 Å². The third kappa shape index (κ3) is 4.86. The lowest BCUT2D eigenvalue weighted by molar-refractivity contribution is -0.135. The summed E-state index contributed by atoms with van der Waals surface area (Å²) in [4.78, 5) is 45.3. The molecule has 1 amide bonds. The largest absolute Gasteiger partial charge is 0.483 e. The third-order valence-electron chi connectivity index (χ3n) is 3.24. The van der Waals surface area contributed by atoms with Crippen LogP contribution in [0.4, 0.5) is 0 Å². The summed E-state index contributed by atoms with van der Waals surface area (Å²) in [5.74, 6) is -1.17. The van der Waals surface area contributed by atoms with Crippen LogP contribution in [0, 0.1) is 0 Å². The van der Waals surface area contributed by atoms with Crippen molar-refractivity contribution in [3.63, 3.8) is 0 Å². The number of rotatable bonds is 7. The fourth-order valence-electron chi connectivity index (χ4n) is 2.05. The highest BCUT2D eigenvalue weighted by atomic mass is 31.3. The number of hydrogen-bond donors (Lipinski definition) is 5. The Morgan fingerprint density at radius 3 is 2.48 bits per heavy atom. The van der Waals surface area contributed by atoms with Crippen LogP contribution in [0.1, 0.15) is 16.7 Å². The minimum absolute atomic E-state index is 0.638. The van der Waals surface area contributed by atoms with Gasteiger partial charge in [-0.25, -0.2) is 14.1 Å². The minimum atomic E-state index is -5.31.